The minimum Gasteiger partial charge on any atom is -0.494 e. The number of hydrogen-bond donors (Lipinski definition) is 0. The van der Waals surface area contributed by atoms with Gasteiger partial charge in [-0.1, -0.05) is 42.2 Å². The van der Waals surface area contributed by atoms with Crippen molar-refractivity contribution in [3.63, 3.8) is 0 Å². The van der Waals surface area contributed by atoms with Crippen LogP contribution in [0.4, 0.5) is 5.69 Å². The van der Waals surface area contributed by atoms with E-state index in [2.05, 4.69) is 16.8 Å². The number of rotatable bonds is 11. The fraction of sp³-hybridized carbons (Fsp3) is 0.312. The summed E-state index contributed by atoms with van der Waals surface area (Å²) >= 11 is 6.84. The summed E-state index contributed by atoms with van der Waals surface area (Å²) in [5.74, 6) is 1.66. The summed E-state index contributed by atoms with van der Waals surface area (Å²) in [6, 6.07) is 21.1. The smallest absolute Gasteiger partial charge is 0.270 e. The number of sulfone groups is 1. The van der Waals surface area contributed by atoms with Crippen molar-refractivity contribution in [1.82, 2.24) is 9.80 Å². The first-order chi connectivity index (χ1) is 20.7. The fourth-order valence-corrected chi connectivity index (χ4v) is 6.71. The lowest BCUT2D eigenvalue weighted by Gasteiger charge is -2.32. The molecule has 43 heavy (non-hydrogen) atoms. The van der Waals surface area contributed by atoms with Crippen molar-refractivity contribution in [3.8, 4) is 17.2 Å². The molecule has 0 saturated carbocycles. The minimum absolute atomic E-state index is 0.175. The predicted octanol–water partition coefficient (Wildman–Crippen LogP) is 5.69. The average molecular weight is 638 g/mol. The number of nitrogens with zero attached hydrogens (tertiary/aromatic N) is 3. The van der Waals surface area contributed by atoms with Gasteiger partial charge in [0.25, 0.3) is 5.91 Å². The normalized spacial score (nSPS) is 17.5. The van der Waals surface area contributed by atoms with Gasteiger partial charge in [-0.3, -0.25) is 9.69 Å². The maximum atomic E-state index is 13.3. The lowest BCUT2D eigenvalue weighted by molar-refractivity contribution is -0.113. The number of carbonyl (C=O) groups excluding carboxylic acids is 1. The third kappa shape index (κ3) is 8.45. The lowest BCUT2D eigenvalue weighted by Crippen LogP contribution is -2.44. The highest BCUT2D eigenvalue weighted by Crippen LogP contribution is 2.37. The second-order valence-electron chi connectivity index (χ2n) is 10.6. The molecular formula is C32H35N3O5S3. The Hall–Kier alpha value is -3.22. The first kappa shape index (κ1) is 31.2. The van der Waals surface area contributed by atoms with E-state index in [9.17, 15) is 13.2 Å². The molecule has 5 rings (SSSR count). The zero-order valence-electron chi connectivity index (χ0n) is 24.3. The van der Waals surface area contributed by atoms with Gasteiger partial charge in [0.2, 0.25) is 0 Å². The molecule has 0 bridgehead atoms. The van der Waals surface area contributed by atoms with E-state index in [4.69, 9.17) is 21.7 Å². The number of unbranched alkanes of at least 4 members (excludes halogenated alkanes) is 1. The maximum Gasteiger partial charge on any atom is 0.270 e. The van der Waals surface area contributed by atoms with E-state index in [0.29, 0.717) is 33.0 Å². The van der Waals surface area contributed by atoms with Gasteiger partial charge in [-0.15, -0.1) is 0 Å². The molecule has 3 aromatic carbocycles. The number of ether oxygens (including phenoxy) is 2. The molecule has 2 heterocycles. The molecule has 0 N–H and O–H groups in total. The zero-order valence-corrected chi connectivity index (χ0v) is 26.7. The first-order valence-electron chi connectivity index (χ1n) is 14.2. The molecule has 0 spiro atoms. The summed E-state index contributed by atoms with van der Waals surface area (Å²) in [6.07, 6.45) is 5.04. The summed E-state index contributed by atoms with van der Waals surface area (Å²) in [6.45, 7) is 6.23. The zero-order chi connectivity index (χ0) is 30.4. The Morgan fingerprint density at radius 1 is 0.907 bits per heavy atom. The Morgan fingerprint density at radius 2 is 1.58 bits per heavy atom. The van der Waals surface area contributed by atoms with E-state index in [1.54, 1.807) is 29.2 Å². The van der Waals surface area contributed by atoms with Crippen LogP contribution in [0.2, 0.25) is 0 Å². The van der Waals surface area contributed by atoms with Crippen LogP contribution in [0, 0.1) is 0 Å². The molecule has 0 aromatic heterocycles. The summed E-state index contributed by atoms with van der Waals surface area (Å²) in [5.41, 5.74) is 1.51. The monoisotopic (exact) mass is 637 g/mol. The molecule has 226 valence electrons. The van der Waals surface area contributed by atoms with Crippen molar-refractivity contribution in [3.05, 3.63) is 83.3 Å². The van der Waals surface area contributed by atoms with Crippen molar-refractivity contribution in [2.45, 2.75) is 17.7 Å². The van der Waals surface area contributed by atoms with Crippen molar-refractivity contribution >= 4 is 55.8 Å². The standard InChI is InChI=1S/C32H35N3O5S3/c1-33-17-19-34(20-18-33)16-3-4-21-39-28-7-5-6-25(23-28)35-31(36)30(42-32(35)41)22-24-8-10-26(11-9-24)40-27-12-14-29(15-13-27)43(2,37)38/h5-15,22-23H,3-4,16-21H2,1-2H3/b30-22-. The van der Waals surface area contributed by atoms with Gasteiger partial charge in [-0.2, -0.15) is 0 Å². The van der Waals surface area contributed by atoms with Crippen molar-refractivity contribution in [2.75, 3.05) is 57.5 Å². The number of benzene rings is 3. The van der Waals surface area contributed by atoms with Crippen LogP contribution in [0.25, 0.3) is 6.08 Å². The third-order valence-electron chi connectivity index (χ3n) is 7.27. The van der Waals surface area contributed by atoms with Gasteiger partial charge in [0.1, 0.15) is 17.2 Å². The molecule has 0 unspecified atom stereocenters. The SMILES string of the molecule is CN1CCN(CCCCOc2cccc(N3C(=O)/C(=C/c4ccc(Oc5ccc(S(C)(=O)=O)cc5)cc4)SC3=S)c2)CC1. The molecule has 0 atom stereocenters. The highest BCUT2D eigenvalue weighted by molar-refractivity contribution is 8.27. The third-order valence-corrected chi connectivity index (χ3v) is 9.70. The van der Waals surface area contributed by atoms with Crippen LogP contribution < -0.4 is 14.4 Å². The number of hydrogen-bond acceptors (Lipinski definition) is 9. The molecule has 3 aromatic rings. The highest BCUT2D eigenvalue weighted by Gasteiger charge is 2.33. The lowest BCUT2D eigenvalue weighted by atomic mass is 10.2. The van der Waals surface area contributed by atoms with Crippen LogP contribution in [-0.2, 0) is 14.6 Å². The van der Waals surface area contributed by atoms with Crippen LogP contribution in [0.15, 0.2) is 82.6 Å². The summed E-state index contributed by atoms with van der Waals surface area (Å²) in [5, 5.41) is 0. The van der Waals surface area contributed by atoms with Gasteiger partial charge in [-0.05, 0) is 86.6 Å². The van der Waals surface area contributed by atoms with Crippen molar-refractivity contribution < 1.29 is 22.7 Å². The number of piperazine rings is 1. The molecule has 1 amide bonds. The Morgan fingerprint density at radius 3 is 2.26 bits per heavy atom. The highest BCUT2D eigenvalue weighted by atomic mass is 32.2. The summed E-state index contributed by atoms with van der Waals surface area (Å²) < 4.78 is 35.6. The topological polar surface area (TPSA) is 79.4 Å². The Bertz CT molecular complexity index is 1580. The quantitative estimate of drug-likeness (QED) is 0.150. The second-order valence-corrected chi connectivity index (χ2v) is 14.3. The van der Waals surface area contributed by atoms with Gasteiger partial charge >= 0.3 is 0 Å². The Labute approximate surface area is 263 Å². The van der Waals surface area contributed by atoms with Crippen LogP contribution >= 0.6 is 24.0 Å². The van der Waals surface area contributed by atoms with Crippen molar-refractivity contribution in [1.29, 1.82) is 0 Å². The van der Waals surface area contributed by atoms with E-state index in [1.165, 1.54) is 30.2 Å². The van der Waals surface area contributed by atoms with Crippen LogP contribution in [0.1, 0.15) is 18.4 Å². The van der Waals surface area contributed by atoms with E-state index >= 15 is 0 Å². The van der Waals surface area contributed by atoms with Crippen LogP contribution in [0.5, 0.6) is 17.2 Å². The average Bonchev–Trinajstić information content (AvgIpc) is 3.26. The number of thiocarbonyl (C=S) groups is 1. The summed E-state index contributed by atoms with van der Waals surface area (Å²) in [7, 11) is -1.10. The Kier molecular flexibility index (Phi) is 10.2. The molecule has 2 fully saturated rings. The summed E-state index contributed by atoms with van der Waals surface area (Å²) in [4.78, 5) is 20.5. The minimum atomic E-state index is -3.27. The van der Waals surface area contributed by atoms with E-state index in [-0.39, 0.29) is 10.8 Å². The van der Waals surface area contributed by atoms with Crippen LogP contribution in [-0.4, -0.2) is 81.1 Å². The largest absolute Gasteiger partial charge is 0.494 e. The molecule has 2 aliphatic rings. The molecule has 2 aliphatic heterocycles. The van der Waals surface area contributed by atoms with Gasteiger partial charge in [0.15, 0.2) is 14.2 Å². The van der Waals surface area contributed by atoms with Gasteiger partial charge < -0.3 is 19.3 Å². The van der Waals surface area contributed by atoms with E-state index < -0.39 is 9.84 Å². The predicted molar refractivity (Wildman–Crippen MR) is 177 cm³/mol. The van der Waals surface area contributed by atoms with Gasteiger partial charge in [-0.25, -0.2) is 8.42 Å². The second kappa shape index (κ2) is 14.0. The molecule has 0 radical (unpaired) electrons. The van der Waals surface area contributed by atoms with Gasteiger partial charge in [0.05, 0.1) is 22.1 Å². The number of likely N-dealkylation sites (N-methyl/N-ethyl adjacent to an activating group) is 1. The number of amides is 1. The molecular weight excluding hydrogens is 603 g/mol. The molecule has 2 saturated heterocycles. The fourth-order valence-electron chi connectivity index (χ4n) is 4.78. The molecule has 8 nitrogen and oxygen atoms in total. The van der Waals surface area contributed by atoms with E-state index in [1.807, 2.05) is 42.5 Å². The number of anilines is 1. The number of thioether (sulfide) groups is 1. The maximum absolute atomic E-state index is 13.3. The molecule has 11 heteroatoms. The van der Waals surface area contributed by atoms with E-state index in [0.717, 1.165) is 56.9 Å². The first-order valence-corrected chi connectivity index (χ1v) is 17.3. The van der Waals surface area contributed by atoms with Crippen LogP contribution in [0.3, 0.4) is 0 Å². The Balaban J connectivity index is 1.15. The molecule has 0 aliphatic carbocycles. The van der Waals surface area contributed by atoms with Crippen molar-refractivity contribution in [2.24, 2.45) is 0 Å². The van der Waals surface area contributed by atoms with Gasteiger partial charge in [0, 0.05) is 38.5 Å². The number of carbonyl (C=O) groups is 1.